The molecule has 0 spiro atoms. The van der Waals surface area contributed by atoms with Gasteiger partial charge >= 0.3 is 0 Å². The summed E-state index contributed by atoms with van der Waals surface area (Å²) < 4.78 is 0. The summed E-state index contributed by atoms with van der Waals surface area (Å²) in [6.45, 7) is 2.70. The van der Waals surface area contributed by atoms with Gasteiger partial charge in [-0.15, -0.1) is 0 Å². The summed E-state index contributed by atoms with van der Waals surface area (Å²) in [5, 5.41) is 4.42. The molecule has 0 bridgehead atoms. The maximum Gasteiger partial charge on any atom is 0.189 e. The van der Waals surface area contributed by atoms with Crippen molar-refractivity contribution >= 4 is 16.9 Å². The predicted molar refractivity (Wildman–Crippen MR) is 74.5 cm³/mol. The lowest BCUT2D eigenvalue weighted by Gasteiger charge is -2.03. The molecular weight excluding hydrogens is 224 g/mol. The number of rotatable bonds is 3. The number of nitrogens with one attached hydrogen (secondary N) is 2. The van der Waals surface area contributed by atoms with Crippen LogP contribution in [0.5, 0.6) is 0 Å². The van der Waals surface area contributed by atoms with Gasteiger partial charge < -0.3 is 16.0 Å². The summed E-state index contributed by atoms with van der Waals surface area (Å²) in [6.07, 6.45) is 2.43. The summed E-state index contributed by atoms with van der Waals surface area (Å²) in [5.41, 5.74) is 9.35. The predicted octanol–water partition coefficient (Wildman–Crippen LogP) is 2.04. The van der Waals surface area contributed by atoms with Crippen LogP contribution in [0.25, 0.3) is 10.9 Å². The number of benzene rings is 1. The fraction of sp³-hybridized carbons (Fsp3) is 0.357. The van der Waals surface area contributed by atoms with Crippen molar-refractivity contribution in [2.45, 2.75) is 32.4 Å². The Bertz CT molecular complexity index is 593. The highest BCUT2D eigenvalue weighted by atomic mass is 15.1. The quantitative estimate of drug-likeness (QED) is 0.569. The van der Waals surface area contributed by atoms with E-state index in [2.05, 4.69) is 46.5 Å². The average molecular weight is 242 g/mol. The van der Waals surface area contributed by atoms with Crippen molar-refractivity contribution in [1.29, 1.82) is 0 Å². The zero-order valence-electron chi connectivity index (χ0n) is 10.5. The molecule has 1 fully saturated rings. The lowest BCUT2D eigenvalue weighted by Crippen LogP contribution is -2.33. The Balaban J connectivity index is 1.73. The van der Waals surface area contributed by atoms with E-state index in [4.69, 9.17) is 5.73 Å². The molecule has 4 nitrogen and oxygen atoms in total. The van der Waals surface area contributed by atoms with Crippen molar-refractivity contribution in [3.63, 3.8) is 0 Å². The third kappa shape index (κ3) is 2.47. The maximum absolute atomic E-state index is 5.81. The van der Waals surface area contributed by atoms with Crippen molar-refractivity contribution in [2.24, 2.45) is 10.7 Å². The number of aryl methyl sites for hydroxylation is 1. The van der Waals surface area contributed by atoms with Gasteiger partial charge in [0, 0.05) is 17.3 Å². The van der Waals surface area contributed by atoms with Gasteiger partial charge in [0.2, 0.25) is 0 Å². The fourth-order valence-electron chi connectivity index (χ4n) is 2.08. The number of fused-ring (bicyclic) bond motifs is 1. The zero-order chi connectivity index (χ0) is 12.5. The minimum atomic E-state index is 0.558. The smallest absolute Gasteiger partial charge is 0.189 e. The number of aliphatic imine (C=N–C) groups is 1. The summed E-state index contributed by atoms with van der Waals surface area (Å²) in [4.78, 5) is 7.67. The Hall–Kier alpha value is -1.97. The second kappa shape index (κ2) is 4.37. The molecule has 18 heavy (non-hydrogen) atoms. The van der Waals surface area contributed by atoms with Gasteiger partial charge in [0.15, 0.2) is 5.96 Å². The normalized spacial score (nSPS) is 16.2. The Kier molecular flexibility index (Phi) is 2.70. The molecule has 0 atom stereocenters. The van der Waals surface area contributed by atoms with Crippen LogP contribution in [0.15, 0.2) is 29.3 Å². The zero-order valence-corrected chi connectivity index (χ0v) is 10.5. The van der Waals surface area contributed by atoms with E-state index in [0.717, 1.165) is 0 Å². The van der Waals surface area contributed by atoms with Crippen LogP contribution in [-0.2, 0) is 6.54 Å². The first-order chi connectivity index (χ1) is 8.70. The van der Waals surface area contributed by atoms with E-state index in [-0.39, 0.29) is 0 Å². The molecule has 4 N–H and O–H groups in total. The standard InChI is InChI=1S/C14H18N4/c1-9-6-11-7-10(2-5-13(11)17-9)8-16-14(15)18-12-3-4-12/h2,5-7,12,17H,3-4,8H2,1H3,(H3,15,16,18). The lowest BCUT2D eigenvalue weighted by molar-refractivity contribution is 0.879. The molecule has 0 amide bonds. The molecule has 2 aromatic rings. The number of guanidine groups is 1. The molecule has 4 heteroatoms. The minimum Gasteiger partial charge on any atom is -0.370 e. The number of aromatic amines is 1. The van der Waals surface area contributed by atoms with Crippen LogP contribution in [0, 0.1) is 6.92 Å². The van der Waals surface area contributed by atoms with Crippen LogP contribution in [-0.4, -0.2) is 17.0 Å². The van der Waals surface area contributed by atoms with Crippen LogP contribution in [0.1, 0.15) is 24.1 Å². The molecule has 0 radical (unpaired) electrons. The maximum atomic E-state index is 5.81. The summed E-state index contributed by atoms with van der Waals surface area (Å²) in [5.74, 6) is 0.558. The van der Waals surface area contributed by atoms with Crippen LogP contribution >= 0.6 is 0 Å². The highest BCUT2D eigenvalue weighted by Gasteiger charge is 2.21. The van der Waals surface area contributed by atoms with Crippen LogP contribution in [0.4, 0.5) is 0 Å². The molecule has 0 unspecified atom stereocenters. The van der Waals surface area contributed by atoms with Gasteiger partial charge in [-0.05, 0) is 48.9 Å². The fourth-order valence-corrected chi connectivity index (χ4v) is 2.08. The largest absolute Gasteiger partial charge is 0.370 e. The monoisotopic (exact) mass is 242 g/mol. The number of hydrogen-bond donors (Lipinski definition) is 3. The number of aromatic nitrogens is 1. The molecule has 1 aromatic carbocycles. The first kappa shape index (κ1) is 11.1. The van der Waals surface area contributed by atoms with E-state index in [1.165, 1.54) is 35.0 Å². The van der Waals surface area contributed by atoms with Gasteiger partial charge in [-0.2, -0.15) is 0 Å². The van der Waals surface area contributed by atoms with Gasteiger partial charge in [-0.3, -0.25) is 0 Å². The molecule has 1 aliphatic rings. The molecule has 1 aliphatic carbocycles. The van der Waals surface area contributed by atoms with E-state index in [0.29, 0.717) is 18.5 Å². The molecule has 1 heterocycles. The Morgan fingerprint density at radius 2 is 2.28 bits per heavy atom. The van der Waals surface area contributed by atoms with E-state index in [1.54, 1.807) is 0 Å². The summed E-state index contributed by atoms with van der Waals surface area (Å²) >= 11 is 0. The second-order valence-electron chi connectivity index (χ2n) is 4.99. The van der Waals surface area contributed by atoms with Crippen molar-refractivity contribution in [2.75, 3.05) is 0 Å². The Morgan fingerprint density at radius 3 is 3.06 bits per heavy atom. The third-order valence-corrected chi connectivity index (χ3v) is 3.18. The molecule has 3 rings (SSSR count). The average Bonchev–Trinajstić information content (AvgIpc) is 3.05. The van der Waals surface area contributed by atoms with E-state index in [1.807, 2.05) is 0 Å². The molecule has 94 valence electrons. The van der Waals surface area contributed by atoms with E-state index < -0.39 is 0 Å². The highest BCUT2D eigenvalue weighted by Crippen LogP contribution is 2.19. The van der Waals surface area contributed by atoms with E-state index in [9.17, 15) is 0 Å². The van der Waals surface area contributed by atoms with Crippen LogP contribution in [0.3, 0.4) is 0 Å². The topological polar surface area (TPSA) is 66.2 Å². The van der Waals surface area contributed by atoms with Gasteiger partial charge in [-0.25, -0.2) is 4.99 Å². The highest BCUT2D eigenvalue weighted by molar-refractivity contribution is 5.81. The van der Waals surface area contributed by atoms with E-state index >= 15 is 0 Å². The molecular formula is C14H18N4. The minimum absolute atomic E-state index is 0.558. The molecule has 1 aromatic heterocycles. The number of nitrogens with two attached hydrogens (primary N) is 1. The first-order valence-corrected chi connectivity index (χ1v) is 6.35. The number of H-pyrrole nitrogens is 1. The SMILES string of the molecule is Cc1cc2cc(CN=C(N)NC3CC3)ccc2[nH]1. The van der Waals surface area contributed by atoms with Crippen LogP contribution < -0.4 is 11.1 Å². The van der Waals surface area contributed by atoms with Crippen LogP contribution in [0.2, 0.25) is 0 Å². The molecule has 1 saturated carbocycles. The Morgan fingerprint density at radius 1 is 1.44 bits per heavy atom. The number of nitrogens with zero attached hydrogens (tertiary/aromatic N) is 1. The van der Waals surface area contributed by atoms with Gasteiger partial charge in [0.05, 0.1) is 6.54 Å². The second-order valence-corrected chi connectivity index (χ2v) is 4.99. The first-order valence-electron chi connectivity index (χ1n) is 6.35. The summed E-state index contributed by atoms with van der Waals surface area (Å²) in [6, 6.07) is 9.05. The molecule has 0 saturated heterocycles. The Labute approximate surface area is 106 Å². The van der Waals surface area contributed by atoms with Gasteiger partial charge in [-0.1, -0.05) is 6.07 Å². The third-order valence-electron chi connectivity index (χ3n) is 3.18. The van der Waals surface area contributed by atoms with Crippen molar-refractivity contribution in [3.8, 4) is 0 Å². The number of hydrogen-bond acceptors (Lipinski definition) is 1. The van der Waals surface area contributed by atoms with Crippen molar-refractivity contribution < 1.29 is 0 Å². The van der Waals surface area contributed by atoms with Crippen molar-refractivity contribution in [1.82, 2.24) is 10.3 Å². The lowest BCUT2D eigenvalue weighted by atomic mass is 10.1. The van der Waals surface area contributed by atoms with Gasteiger partial charge in [0.25, 0.3) is 0 Å². The van der Waals surface area contributed by atoms with Gasteiger partial charge in [0.1, 0.15) is 0 Å². The summed E-state index contributed by atoms with van der Waals surface area (Å²) in [7, 11) is 0. The molecule has 0 aliphatic heterocycles. The van der Waals surface area contributed by atoms with Crippen molar-refractivity contribution in [3.05, 3.63) is 35.5 Å².